The van der Waals surface area contributed by atoms with Crippen molar-refractivity contribution in [3.05, 3.63) is 23.9 Å². The minimum absolute atomic E-state index is 0.0644. The first-order valence-corrected chi connectivity index (χ1v) is 5.38. The summed E-state index contributed by atoms with van der Waals surface area (Å²) < 4.78 is 0. The van der Waals surface area contributed by atoms with Crippen molar-refractivity contribution >= 4 is 23.7 Å². The van der Waals surface area contributed by atoms with Crippen molar-refractivity contribution in [3.8, 4) is 0 Å². The standard InChI is InChI=1S/C11H13N5O2/c1-7-3-4-8(12-5-7)14-11(18)15-10-13-6-9(17)16(10)2/h3-5H,6H2,1-2H3,(H2,12,13,14,15,18). The van der Waals surface area contributed by atoms with Crippen LogP contribution in [0.25, 0.3) is 0 Å². The molecule has 0 spiro atoms. The maximum atomic E-state index is 11.6. The molecular formula is C11H13N5O2. The van der Waals surface area contributed by atoms with Crippen molar-refractivity contribution in [1.29, 1.82) is 0 Å². The van der Waals surface area contributed by atoms with Gasteiger partial charge in [-0.15, -0.1) is 0 Å². The highest BCUT2D eigenvalue weighted by atomic mass is 16.2. The Balaban J connectivity index is 1.93. The lowest BCUT2D eigenvalue weighted by molar-refractivity contribution is -0.123. The summed E-state index contributed by atoms with van der Waals surface area (Å²) in [5, 5.41) is 5.04. The van der Waals surface area contributed by atoms with Gasteiger partial charge in [-0.1, -0.05) is 6.07 Å². The molecular weight excluding hydrogens is 234 g/mol. The van der Waals surface area contributed by atoms with Gasteiger partial charge in [0.1, 0.15) is 12.4 Å². The molecule has 1 aromatic heterocycles. The number of carbonyl (C=O) groups is 2. The Morgan fingerprint density at radius 2 is 2.17 bits per heavy atom. The van der Waals surface area contributed by atoms with Gasteiger partial charge in [0.2, 0.25) is 5.96 Å². The fraction of sp³-hybridized carbons (Fsp3) is 0.273. The highest BCUT2D eigenvalue weighted by Gasteiger charge is 2.22. The molecule has 0 unspecified atom stereocenters. The second-order valence-corrected chi connectivity index (χ2v) is 3.89. The molecule has 0 saturated carbocycles. The number of aryl methyl sites for hydroxylation is 1. The van der Waals surface area contributed by atoms with Crippen LogP contribution < -0.4 is 10.6 Å². The molecule has 7 nitrogen and oxygen atoms in total. The molecule has 2 rings (SSSR count). The van der Waals surface area contributed by atoms with E-state index in [0.29, 0.717) is 5.82 Å². The number of rotatable bonds is 1. The monoisotopic (exact) mass is 247 g/mol. The molecule has 0 saturated heterocycles. The van der Waals surface area contributed by atoms with Crippen LogP contribution in [0.3, 0.4) is 0 Å². The first-order valence-electron chi connectivity index (χ1n) is 5.38. The lowest BCUT2D eigenvalue weighted by Gasteiger charge is -2.13. The summed E-state index contributed by atoms with van der Waals surface area (Å²) in [6.07, 6.45) is 1.65. The van der Waals surface area contributed by atoms with Gasteiger partial charge in [-0.25, -0.2) is 14.8 Å². The van der Waals surface area contributed by atoms with Gasteiger partial charge >= 0.3 is 6.03 Å². The Morgan fingerprint density at radius 3 is 2.72 bits per heavy atom. The van der Waals surface area contributed by atoms with Gasteiger partial charge in [0.25, 0.3) is 5.91 Å². The predicted molar refractivity (Wildman–Crippen MR) is 66.2 cm³/mol. The summed E-state index contributed by atoms with van der Waals surface area (Å²) in [5.41, 5.74) is 1.01. The van der Waals surface area contributed by atoms with Crippen LogP contribution in [0, 0.1) is 6.92 Å². The van der Waals surface area contributed by atoms with Crippen molar-refractivity contribution < 1.29 is 9.59 Å². The van der Waals surface area contributed by atoms with Crippen LogP contribution in [0.2, 0.25) is 0 Å². The van der Waals surface area contributed by atoms with Crippen LogP contribution in [-0.4, -0.2) is 41.4 Å². The van der Waals surface area contributed by atoms with Crippen molar-refractivity contribution in [1.82, 2.24) is 15.2 Å². The number of likely N-dealkylation sites (N-methyl/N-ethyl adjacent to an activating group) is 1. The van der Waals surface area contributed by atoms with Crippen molar-refractivity contribution in [3.63, 3.8) is 0 Å². The summed E-state index contributed by atoms with van der Waals surface area (Å²) in [6, 6.07) is 3.05. The van der Waals surface area contributed by atoms with E-state index in [0.717, 1.165) is 5.56 Å². The molecule has 2 N–H and O–H groups in total. The summed E-state index contributed by atoms with van der Waals surface area (Å²) >= 11 is 0. The zero-order chi connectivity index (χ0) is 13.1. The third-order valence-electron chi connectivity index (χ3n) is 2.43. The van der Waals surface area contributed by atoms with Crippen LogP contribution in [-0.2, 0) is 4.79 Å². The second-order valence-electron chi connectivity index (χ2n) is 3.89. The number of hydrogen-bond acceptors (Lipinski definition) is 4. The van der Waals surface area contributed by atoms with Crippen LogP contribution in [0.4, 0.5) is 10.6 Å². The zero-order valence-corrected chi connectivity index (χ0v) is 10.1. The Kier molecular flexibility index (Phi) is 3.22. The molecule has 0 fully saturated rings. The highest BCUT2D eigenvalue weighted by Crippen LogP contribution is 2.04. The van der Waals surface area contributed by atoms with E-state index in [2.05, 4.69) is 20.6 Å². The van der Waals surface area contributed by atoms with Gasteiger partial charge in [0.05, 0.1) is 0 Å². The van der Waals surface area contributed by atoms with Gasteiger partial charge in [0, 0.05) is 13.2 Å². The maximum absolute atomic E-state index is 11.6. The third-order valence-corrected chi connectivity index (χ3v) is 2.43. The number of urea groups is 1. The summed E-state index contributed by atoms with van der Waals surface area (Å²) in [4.78, 5) is 32.0. The topological polar surface area (TPSA) is 86.7 Å². The quantitative estimate of drug-likeness (QED) is 0.750. The minimum atomic E-state index is -0.480. The number of anilines is 1. The molecule has 0 atom stereocenters. The third kappa shape index (κ3) is 2.62. The van der Waals surface area contributed by atoms with Gasteiger partial charge in [-0.3, -0.25) is 20.3 Å². The number of nitrogens with zero attached hydrogens (tertiary/aromatic N) is 3. The predicted octanol–water partition coefficient (Wildman–Crippen LogP) is 0.340. The number of guanidine groups is 1. The van der Waals surface area contributed by atoms with E-state index in [-0.39, 0.29) is 18.4 Å². The van der Waals surface area contributed by atoms with Crippen molar-refractivity contribution in [2.45, 2.75) is 6.92 Å². The number of hydrogen-bond donors (Lipinski definition) is 2. The SMILES string of the molecule is Cc1ccc(NC(=O)NC2=NCC(=O)N2C)nc1. The fourth-order valence-corrected chi connectivity index (χ4v) is 1.39. The molecule has 3 amide bonds. The molecule has 1 aliphatic rings. The Hall–Kier alpha value is -2.44. The molecule has 94 valence electrons. The van der Waals surface area contributed by atoms with Gasteiger partial charge < -0.3 is 0 Å². The van der Waals surface area contributed by atoms with Crippen LogP contribution in [0.15, 0.2) is 23.3 Å². The van der Waals surface area contributed by atoms with E-state index in [1.54, 1.807) is 19.3 Å². The van der Waals surface area contributed by atoms with Crippen LogP contribution in [0.1, 0.15) is 5.56 Å². The van der Waals surface area contributed by atoms with Crippen LogP contribution >= 0.6 is 0 Å². The van der Waals surface area contributed by atoms with E-state index in [1.807, 2.05) is 13.0 Å². The summed E-state index contributed by atoms with van der Waals surface area (Å²) in [5.74, 6) is 0.522. The Morgan fingerprint density at radius 1 is 1.39 bits per heavy atom. The smallest absolute Gasteiger partial charge is 0.292 e. The number of aliphatic imine (C=N–C) groups is 1. The van der Waals surface area contributed by atoms with E-state index in [9.17, 15) is 9.59 Å². The first-order chi connectivity index (χ1) is 8.56. The number of amides is 3. The maximum Gasteiger partial charge on any atom is 0.327 e. The normalized spacial score (nSPS) is 14.4. The van der Waals surface area contributed by atoms with Crippen molar-refractivity contribution in [2.75, 3.05) is 18.9 Å². The Labute approximate surface area is 104 Å². The molecule has 1 aliphatic heterocycles. The molecule has 0 aromatic carbocycles. The fourth-order valence-electron chi connectivity index (χ4n) is 1.39. The summed E-state index contributed by atoms with van der Waals surface area (Å²) in [6.45, 7) is 1.97. The van der Waals surface area contributed by atoms with Gasteiger partial charge in [-0.05, 0) is 18.6 Å². The molecule has 2 heterocycles. The van der Waals surface area contributed by atoms with Gasteiger partial charge in [-0.2, -0.15) is 0 Å². The highest BCUT2D eigenvalue weighted by molar-refractivity contribution is 6.10. The molecule has 18 heavy (non-hydrogen) atoms. The number of nitrogens with one attached hydrogen (secondary N) is 2. The molecule has 0 aliphatic carbocycles. The number of pyridine rings is 1. The molecule has 1 aromatic rings. The van der Waals surface area contributed by atoms with E-state index in [1.165, 1.54) is 4.90 Å². The van der Waals surface area contributed by atoms with E-state index in [4.69, 9.17) is 0 Å². The summed E-state index contributed by atoms with van der Waals surface area (Å²) in [7, 11) is 1.55. The lowest BCUT2D eigenvalue weighted by Crippen LogP contribution is -2.43. The van der Waals surface area contributed by atoms with E-state index >= 15 is 0 Å². The Bertz CT molecular complexity index is 509. The minimum Gasteiger partial charge on any atom is -0.292 e. The molecule has 0 bridgehead atoms. The zero-order valence-electron chi connectivity index (χ0n) is 10.1. The molecule has 7 heteroatoms. The van der Waals surface area contributed by atoms with Crippen LogP contribution in [0.5, 0.6) is 0 Å². The number of carbonyl (C=O) groups excluding carboxylic acids is 2. The second kappa shape index (κ2) is 4.82. The van der Waals surface area contributed by atoms with E-state index < -0.39 is 6.03 Å². The average molecular weight is 247 g/mol. The number of aromatic nitrogens is 1. The van der Waals surface area contributed by atoms with Gasteiger partial charge in [0.15, 0.2) is 0 Å². The van der Waals surface area contributed by atoms with Crippen molar-refractivity contribution in [2.24, 2.45) is 4.99 Å². The largest absolute Gasteiger partial charge is 0.327 e. The average Bonchev–Trinajstić information content (AvgIpc) is 2.64. The first kappa shape index (κ1) is 12.0. The molecule has 0 radical (unpaired) electrons. The lowest BCUT2D eigenvalue weighted by atomic mass is 10.3.